The molecule has 21 heavy (non-hydrogen) atoms. The van der Waals surface area contributed by atoms with Crippen LogP contribution in [0.1, 0.15) is 36.9 Å². The lowest BCUT2D eigenvalue weighted by molar-refractivity contribution is -0.137. The molecule has 1 N–H and O–H groups in total. The van der Waals surface area contributed by atoms with Crippen molar-refractivity contribution in [1.82, 2.24) is 10.2 Å². The summed E-state index contributed by atoms with van der Waals surface area (Å²) in [6.45, 7) is 2.54. The largest absolute Gasteiger partial charge is 0.416 e. The molecule has 0 bridgehead atoms. The normalized spacial score (nSPS) is 21.5. The smallest absolute Gasteiger partial charge is 0.344 e. The number of rotatable bonds is 3. The van der Waals surface area contributed by atoms with E-state index in [2.05, 4.69) is 5.32 Å². The summed E-state index contributed by atoms with van der Waals surface area (Å²) in [5, 5.41) is 3.37. The lowest BCUT2D eigenvalue weighted by Gasteiger charge is -2.32. The number of benzene rings is 1. The van der Waals surface area contributed by atoms with E-state index in [1.54, 1.807) is 11.9 Å². The Balaban J connectivity index is 1.97. The van der Waals surface area contributed by atoms with Crippen LogP contribution in [0.25, 0.3) is 0 Å². The monoisotopic (exact) mass is 300 g/mol. The standard InChI is InChI=1S/C15H19F3N2O/c1-10(19-13-7-8-14(21)20(2)9-13)11-3-5-12(6-4-11)15(16,17)18/h3-6,10,13,19H,7-9H2,1-2H3. The topological polar surface area (TPSA) is 32.3 Å². The van der Waals surface area contributed by atoms with E-state index in [9.17, 15) is 18.0 Å². The van der Waals surface area contributed by atoms with E-state index in [4.69, 9.17) is 0 Å². The van der Waals surface area contributed by atoms with Gasteiger partial charge in [-0.3, -0.25) is 4.79 Å². The second-order valence-corrected chi connectivity index (χ2v) is 5.52. The molecule has 1 aromatic rings. The van der Waals surface area contributed by atoms with Crippen LogP contribution in [0.4, 0.5) is 13.2 Å². The molecule has 0 saturated carbocycles. The SMILES string of the molecule is CC(NC1CCC(=O)N(C)C1)c1ccc(C(F)(F)F)cc1. The van der Waals surface area contributed by atoms with E-state index in [1.165, 1.54) is 12.1 Å². The van der Waals surface area contributed by atoms with Crippen LogP contribution in [0.5, 0.6) is 0 Å². The lowest BCUT2D eigenvalue weighted by atomic mass is 10.0. The highest BCUT2D eigenvalue weighted by Crippen LogP contribution is 2.30. The second kappa shape index (κ2) is 6.05. The van der Waals surface area contributed by atoms with E-state index in [0.717, 1.165) is 24.1 Å². The van der Waals surface area contributed by atoms with Crippen LogP contribution >= 0.6 is 0 Å². The van der Waals surface area contributed by atoms with Crippen molar-refractivity contribution in [2.75, 3.05) is 13.6 Å². The van der Waals surface area contributed by atoms with E-state index in [1.807, 2.05) is 6.92 Å². The summed E-state index contributed by atoms with van der Waals surface area (Å²) < 4.78 is 37.6. The molecular formula is C15H19F3N2O. The number of hydrogen-bond donors (Lipinski definition) is 1. The minimum Gasteiger partial charge on any atom is -0.344 e. The Kier molecular flexibility index (Phi) is 4.56. The van der Waals surface area contributed by atoms with Crippen molar-refractivity contribution in [2.24, 2.45) is 0 Å². The van der Waals surface area contributed by atoms with Crippen LogP contribution in [0, 0.1) is 0 Å². The zero-order valence-corrected chi connectivity index (χ0v) is 12.1. The Hall–Kier alpha value is -1.56. The second-order valence-electron chi connectivity index (χ2n) is 5.52. The number of likely N-dealkylation sites (N-methyl/N-ethyl adjacent to an activating group) is 1. The molecular weight excluding hydrogens is 281 g/mol. The molecule has 1 amide bonds. The number of nitrogens with zero attached hydrogens (tertiary/aromatic N) is 1. The summed E-state index contributed by atoms with van der Waals surface area (Å²) in [4.78, 5) is 13.1. The first-order valence-corrected chi connectivity index (χ1v) is 6.94. The van der Waals surface area contributed by atoms with Crippen LogP contribution in [-0.2, 0) is 11.0 Å². The summed E-state index contributed by atoms with van der Waals surface area (Å²) >= 11 is 0. The quantitative estimate of drug-likeness (QED) is 0.931. The van der Waals surface area contributed by atoms with E-state index < -0.39 is 11.7 Å². The van der Waals surface area contributed by atoms with Crippen molar-refractivity contribution in [3.8, 4) is 0 Å². The summed E-state index contributed by atoms with van der Waals surface area (Å²) in [5.74, 6) is 0.134. The van der Waals surface area contributed by atoms with Gasteiger partial charge in [-0.2, -0.15) is 13.2 Å². The fourth-order valence-corrected chi connectivity index (χ4v) is 2.56. The van der Waals surface area contributed by atoms with Gasteiger partial charge in [0, 0.05) is 32.1 Å². The van der Waals surface area contributed by atoms with E-state index in [-0.39, 0.29) is 18.0 Å². The minimum atomic E-state index is -4.30. The number of nitrogens with one attached hydrogen (secondary N) is 1. The van der Waals surface area contributed by atoms with Gasteiger partial charge in [-0.25, -0.2) is 0 Å². The predicted molar refractivity (Wildman–Crippen MR) is 73.7 cm³/mol. The molecule has 2 rings (SSSR count). The minimum absolute atomic E-state index is 0.0566. The number of halogens is 3. The van der Waals surface area contributed by atoms with Gasteiger partial charge >= 0.3 is 6.18 Å². The zero-order chi connectivity index (χ0) is 15.6. The first-order chi connectivity index (χ1) is 9.77. The summed E-state index contributed by atoms with van der Waals surface area (Å²) in [6.07, 6.45) is -3.04. The van der Waals surface area contributed by atoms with Gasteiger partial charge in [0.25, 0.3) is 0 Å². The molecule has 3 nitrogen and oxygen atoms in total. The van der Waals surface area contributed by atoms with Crippen molar-refractivity contribution in [3.63, 3.8) is 0 Å². The first-order valence-electron chi connectivity index (χ1n) is 6.94. The van der Waals surface area contributed by atoms with Crippen LogP contribution in [0.3, 0.4) is 0 Å². The summed E-state index contributed by atoms with van der Waals surface area (Å²) in [7, 11) is 1.76. The Labute approximate surface area is 122 Å². The number of amides is 1. The van der Waals surface area contributed by atoms with Crippen molar-refractivity contribution in [1.29, 1.82) is 0 Å². The summed E-state index contributed by atoms with van der Waals surface area (Å²) in [6, 6.07) is 5.31. The summed E-state index contributed by atoms with van der Waals surface area (Å²) in [5.41, 5.74) is 0.170. The maximum absolute atomic E-state index is 12.5. The molecule has 0 aromatic heterocycles. The number of likely N-dealkylation sites (tertiary alicyclic amines) is 1. The van der Waals surface area contributed by atoms with Crippen LogP contribution < -0.4 is 5.32 Å². The Morgan fingerprint density at radius 1 is 1.29 bits per heavy atom. The average molecular weight is 300 g/mol. The molecule has 1 aromatic carbocycles. The molecule has 1 fully saturated rings. The van der Waals surface area contributed by atoms with Gasteiger partial charge in [0.1, 0.15) is 0 Å². The molecule has 116 valence electrons. The molecule has 1 aliphatic rings. The molecule has 6 heteroatoms. The molecule has 1 aliphatic heterocycles. The number of carbonyl (C=O) groups is 1. The lowest BCUT2D eigenvalue weighted by Crippen LogP contribution is -2.47. The Bertz CT molecular complexity index is 499. The number of piperidine rings is 1. The molecule has 2 unspecified atom stereocenters. The van der Waals surface area contributed by atoms with E-state index in [0.29, 0.717) is 13.0 Å². The van der Waals surface area contributed by atoms with Crippen molar-refractivity contribution in [2.45, 2.75) is 38.0 Å². The molecule has 0 radical (unpaired) electrons. The highest BCUT2D eigenvalue weighted by Gasteiger charge is 2.30. The molecule has 1 heterocycles. The molecule has 2 atom stereocenters. The Morgan fingerprint density at radius 3 is 2.43 bits per heavy atom. The molecule has 1 saturated heterocycles. The van der Waals surface area contributed by atoms with Gasteiger partial charge in [-0.1, -0.05) is 12.1 Å². The fourth-order valence-electron chi connectivity index (χ4n) is 2.56. The van der Waals surface area contributed by atoms with Gasteiger partial charge < -0.3 is 10.2 Å². The van der Waals surface area contributed by atoms with Crippen molar-refractivity contribution >= 4 is 5.91 Å². The van der Waals surface area contributed by atoms with Crippen LogP contribution in [0.15, 0.2) is 24.3 Å². The van der Waals surface area contributed by atoms with E-state index >= 15 is 0 Å². The maximum Gasteiger partial charge on any atom is 0.416 e. The first kappa shape index (κ1) is 15.8. The number of hydrogen-bond acceptors (Lipinski definition) is 2. The zero-order valence-electron chi connectivity index (χ0n) is 12.1. The van der Waals surface area contributed by atoms with Crippen molar-refractivity contribution in [3.05, 3.63) is 35.4 Å². The average Bonchev–Trinajstić information content (AvgIpc) is 2.42. The predicted octanol–water partition coefficient (Wildman–Crippen LogP) is 2.98. The third-order valence-corrected chi connectivity index (χ3v) is 3.85. The van der Waals surface area contributed by atoms with Gasteiger partial charge in [0.05, 0.1) is 5.56 Å². The molecule has 0 aliphatic carbocycles. The number of alkyl halides is 3. The highest BCUT2D eigenvalue weighted by atomic mass is 19.4. The van der Waals surface area contributed by atoms with Gasteiger partial charge in [-0.05, 0) is 31.0 Å². The van der Waals surface area contributed by atoms with Gasteiger partial charge in [0.2, 0.25) is 5.91 Å². The highest BCUT2D eigenvalue weighted by molar-refractivity contribution is 5.76. The van der Waals surface area contributed by atoms with Gasteiger partial charge in [0.15, 0.2) is 0 Å². The number of carbonyl (C=O) groups excluding carboxylic acids is 1. The van der Waals surface area contributed by atoms with Crippen molar-refractivity contribution < 1.29 is 18.0 Å². The maximum atomic E-state index is 12.5. The van der Waals surface area contributed by atoms with Crippen LogP contribution in [-0.4, -0.2) is 30.4 Å². The van der Waals surface area contributed by atoms with Gasteiger partial charge in [-0.15, -0.1) is 0 Å². The Morgan fingerprint density at radius 2 is 1.90 bits per heavy atom. The van der Waals surface area contributed by atoms with Crippen LogP contribution in [0.2, 0.25) is 0 Å². The fraction of sp³-hybridized carbons (Fsp3) is 0.533. The third-order valence-electron chi connectivity index (χ3n) is 3.85. The molecule has 0 spiro atoms. The third kappa shape index (κ3) is 3.97.